The largest absolute Gasteiger partial charge is 0.380 e. The van der Waals surface area contributed by atoms with Gasteiger partial charge < -0.3 is 19.9 Å². The summed E-state index contributed by atoms with van der Waals surface area (Å²) in [5.74, 6) is 2.01. The Bertz CT molecular complexity index is 425. The Morgan fingerprint density at radius 1 is 1.37 bits per heavy atom. The predicted molar refractivity (Wildman–Crippen MR) is 75.9 cm³/mol. The Kier molecular flexibility index (Phi) is 4.36. The van der Waals surface area contributed by atoms with Crippen LogP contribution in [-0.4, -0.2) is 61.9 Å². The molecule has 2 rings (SSSR count). The second-order valence-corrected chi connectivity index (χ2v) is 4.78. The van der Waals surface area contributed by atoms with E-state index in [4.69, 9.17) is 4.74 Å². The molecule has 0 spiro atoms. The summed E-state index contributed by atoms with van der Waals surface area (Å²) >= 11 is 0. The molecule has 1 atom stereocenters. The van der Waals surface area contributed by atoms with Gasteiger partial charge in [0.15, 0.2) is 0 Å². The third kappa shape index (κ3) is 3.23. The van der Waals surface area contributed by atoms with E-state index in [0.29, 0.717) is 17.8 Å². The van der Waals surface area contributed by atoms with Crippen LogP contribution in [0.4, 0.5) is 17.8 Å². The maximum atomic E-state index is 5.38. The zero-order valence-electron chi connectivity index (χ0n) is 12.1. The molecule has 0 aliphatic carbocycles. The van der Waals surface area contributed by atoms with Crippen LogP contribution in [0.1, 0.15) is 13.3 Å². The van der Waals surface area contributed by atoms with E-state index >= 15 is 0 Å². The van der Waals surface area contributed by atoms with E-state index in [1.54, 1.807) is 7.11 Å². The zero-order chi connectivity index (χ0) is 13.8. The minimum atomic E-state index is 0.266. The molecule has 0 amide bonds. The van der Waals surface area contributed by atoms with Crippen LogP contribution in [-0.2, 0) is 4.74 Å². The third-order valence-electron chi connectivity index (χ3n) is 3.11. The van der Waals surface area contributed by atoms with E-state index in [1.807, 2.05) is 25.9 Å². The number of ether oxygens (including phenoxy) is 1. The van der Waals surface area contributed by atoms with E-state index in [2.05, 4.69) is 25.2 Å². The van der Waals surface area contributed by atoms with Gasteiger partial charge in [-0.3, -0.25) is 0 Å². The average Bonchev–Trinajstić information content (AvgIpc) is 2.87. The molecule has 1 aromatic rings. The number of aromatic nitrogens is 3. The molecule has 1 saturated heterocycles. The second kappa shape index (κ2) is 6.01. The Hall–Kier alpha value is -1.63. The van der Waals surface area contributed by atoms with Crippen LogP contribution in [0.5, 0.6) is 0 Å². The standard InChI is InChI=1S/C12H22N6O/c1-5-13-10-14-11(17(2)3)16-12(15-10)18-7-6-9(8-18)19-4/h9H,5-8H2,1-4H3,(H,13,14,15,16). The van der Waals surface area contributed by atoms with Gasteiger partial charge in [0.05, 0.1) is 6.10 Å². The number of anilines is 3. The molecular weight excluding hydrogens is 244 g/mol. The van der Waals surface area contributed by atoms with Crippen molar-refractivity contribution in [3.63, 3.8) is 0 Å². The average molecular weight is 266 g/mol. The minimum Gasteiger partial charge on any atom is -0.380 e. The zero-order valence-corrected chi connectivity index (χ0v) is 12.1. The van der Waals surface area contributed by atoms with Crippen LogP contribution < -0.4 is 15.1 Å². The smallest absolute Gasteiger partial charge is 0.232 e. The molecule has 0 bridgehead atoms. The summed E-state index contributed by atoms with van der Waals surface area (Å²) < 4.78 is 5.38. The Balaban J connectivity index is 2.23. The lowest BCUT2D eigenvalue weighted by Gasteiger charge is -2.19. The summed E-state index contributed by atoms with van der Waals surface area (Å²) in [5, 5.41) is 3.15. The van der Waals surface area contributed by atoms with E-state index in [1.165, 1.54) is 0 Å². The first-order valence-electron chi connectivity index (χ1n) is 6.59. The minimum absolute atomic E-state index is 0.266. The number of rotatable bonds is 5. The van der Waals surface area contributed by atoms with Crippen molar-refractivity contribution < 1.29 is 4.74 Å². The third-order valence-corrected chi connectivity index (χ3v) is 3.11. The summed E-state index contributed by atoms with van der Waals surface area (Å²) in [7, 11) is 5.60. The van der Waals surface area contributed by atoms with Gasteiger partial charge in [0, 0.05) is 40.8 Å². The molecule has 2 heterocycles. The summed E-state index contributed by atoms with van der Waals surface area (Å²) in [6, 6.07) is 0. The first kappa shape index (κ1) is 13.8. The highest BCUT2D eigenvalue weighted by atomic mass is 16.5. The summed E-state index contributed by atoms with van der Waals surface area (Å²) in [6.45, 7) is 4.56. The lowest BCUT2D eigenvalue weighted by molar-refractivity contribution is 0.121. The van der Waals surface area contributed by atoms with Crippen molar-refractivity contribution in [2.24, 2.45) is 0 Å². The molecule has 0 radical (unpaired) electrons. The molecule has 1 aliphatic heterocycles. The van der Waals surface area contributed by atoms with Crippen LogP contribution >= 0.6 is 0 Å². The molecule has 7 heteroatoms. The lowest BCUT2D eigenvalue weighted by atomic mass is 10.3. The van der Waals surface area contributed by atoms with E-state index < -0.39 is 0 Å². The maximum Gasteiger partial charge on any atom is 0.232 e. The van der Waals surface area contributed by atoms with Crippen LogP contribution in [0, 0.1) is 0 Å². The molecule has 1 aliphatic rings. The van der Waals surface area contributed by atoms with E-state index in [-0.39, 0.29) is 6.10 Å². The van der Waals surface area contributed by atoms with Crippen molar-refractivity contribution in [2.75, 3.05) is 56.0 Å². The molecule has 1 unspecified atom stereocenters. The first-order chi connectivity index (χ1) is 9.13. The molecule has 7 nitrogen and oxygen atoms in total. The fourth-order valence-corrected chi connectivity index (χ4v) is 2.03. The van der Waals surface area contributed by atoms with E-state index in [0.717, 1.165) is 26.1 Å². The molecule has 0 saturated carbocycles. The Morgan fingerprint density at radius 2 is 2.16 bits per heavy atom. The van der Waals surface area contributed by atoms with Gasteiger partial charge >= 0.3 is 0 Å². The fraction of sp³-hybridized carbons (Fsp3) is 0.750. The fourth-order valence-electron chi connectivity index (χ4n) is 2.03. The Labute approximate surface area is 114 Å². The van der Waals surface area contributed by atoms with Crippen LogP contribution in [0.15, 0.2) is 0 Å². The van der Waals surface area contributed by atoms with Gasteiger partial charge in [0.1, 0.15) is 0 Å². The Morgan fingerprint density at radius 3 is 2.74 bits per heavy atom. The second-order valence-electron chi connectivity index (χ2n) is 4.78. The normalized spacial score (nSPS) is 18.7. The van der Waals surface area contributed by atoms with Gasteiger partial charge in [-0.2, -0.15) is 15.0 Å². The number of nitrogens with one attached hydrogen (secondary N) is 1. The monoisotopic (exact) mass is 266 g/mol. The van der Waals surface area contributed by atoms with Gasteiger partial charge in [-0.05, 0) is 13.3 Å². The topological polar surface area (TPSA) is 66.4 Å². The maximum absolute atomic E-state index is 5.38. The van der Waals surface area contributed by atoms with Gasteiger partial charge in [0.2, 0.25) is 17.8 Å². The van der Waals surface area contributed by atoms with Gasteiger partial charge in [-0.25, -0.2) is 0 Å². The predicted octanol–water partition coefficient (Wildman–Crippen LogP) is 0.595. The molecule has 106 valence electrons. The van der Waals surface area contributed by atoms with Crippen LogP contribution in [0.3, 0.4) is 0 Å². The van der Waals surface area contributed by atoms with Crippen molar-refractivity contribution >= 4 is 17.8 Å². The van der Waals surface area contributed by atoms with Crippen molar-refractivity contribution in [3.05, 3.63) is 0 Å². The first-order valence-corrected chi connectivity index (χ1v) is 6.59. The van der Waals surface area contributed by atoms with Crippen LogP contribution in [0.25, 0.3) is 0 Å². The lowest BCUT2D eigenvalue weighted by Crippen LogP contribution is -2.26. The molecular formula is C12H22N6O. The summed E-state index contributed by atoms with van der Waals surface area (Å²) in [5.41, 5.74) is 0. The van der Waals surface area contributed by atoms with Crippen molar-refractivity contribution in [2.45, 2.75) is 19.4 Å². The van der Waals surface area contributed by atoms with Crippen molar-refractivity contribution in [1.29, 1.82) is 0 Å². The molecule has 1 aromatic heterocycles. The quantitative estimate of drug-likeness (QED) is 0.836. The van der Waals surface area contributed by atoms with Gasteiger partial charge in [-0.1, -0.05) is 0 Å². The highest BCUT2D eigenvalue weighted by Gasteiger charge is 2.25. The molecule has 19 heavy (non-hydrogen) atoms. The van der Waals surface area contributed by atoms with Crippen molar-refractivity contribution in [3.8, 4) is 0 Å². The number of nitrogens with zero attached hydrogens (tertiary/aromatic N) is 5. The number of methoxy groups -OCH3 is 1. The van der Waals surface area contributed by atoms with Crippen molar-refractivity contribution in [1.82, 2.24) is 15.0 Å². The summed E-state index contributed by atoms with van der Waals surface area (Å²) in [6.07, 6.45) is 1.28. The van der Waals surface area contributed by atoms with E-state index in [9.17, 15) is 0 Å². The number of hydrogen-bond donors (Lipinski definition) is 1. The van der Waals surface area contributed by atoms with Crippen LogP contribution in [0.2, 0.25) is 0 Å². The number of hydrogen-bond acceptors (Lipinski definition) is 7. The highest BCUT2D eigenvalue weighted by molar-refractivity contribution is 5.45. The molecule has 1 N–H and O–H groups in total. The summed E-state index contributed by atoms with van der Waals surface area (Å²) in [4.78, 5) is 17.4. The van der Waals surface area contributed by atoms with Gasteiger partial charge in [-0.15, -0.1) is 0 Å². The SMILES string of the molecule is CCNc1nc(N(C)C)nc(N2CCC(OC)C2)n1. The highest BCUT2D eigenvalue weighted by Crippen LogP contribution is 2.20. The van der Waals surface area contributed by atoms with Gasteiger partial charge in [0.25, 0.3) is 0 Å². The molecule has 1 fully saturated rings. The molecule has 0 aromatic carbocycles.